The molecular formula is C19H22N2O5S. The molecule has 144 valence electrons. The SMILES string of the molecule is COc1cccc(NC(=O)CCN(c2cccc(C(C)=O)c2)S(C)(=O)=O)c1. The van der Waals surface area contributed by atoms with Crippen molar-refractivity contribution in [1.82, 2.24) is 0 Å². The monoisotopic (exact) mass is 390 g/mol. The van der Waals surface area contributed by atoms with Crippen LogP contribution in [0.15, 0.2) is 48.5 Å². The highest BCUT2D eigenvalue weighted by atomic mass is 32.2. The number of nitrogens with one attached hydrogen (secondary N) is 1. The summed E-state index contributed by atoms with van der Waals surface area (Å²) in [7, 11) is -2.09. The van der Waals surface area contributed by atoms with Crippen LogP contribution >= 0.6 is 0 Å². The predicted molar refractivity (Wildman–Crippen MR) is 105 cm³/mol. The van der Waals surface area contributed by atoms with Crippen molar-refractivity contribution >= 4 is 33.1 Å². The van der Waals surface area contributed by atoms with Crippen molar-refractivity contribution in [2.45, 2.75) is 13.3 Å². The first-order valence-corrected chi connectivity index (χ1v) is 10.1. The normalized spacial score (nSPS) is 10.9. The molecular weight excluding hydrogens is 368 g/mol. The molecule has 2 aromatic rings. The average molecular weight is 390 g/mol. The van der Waals surface area contributed by atoms with E-state index >= 15 is 0 Å². The third-order valence-corrected chi connectivity index (χ3v) is 5.03. The number of Topliss-reactive ketones (excluding diaryl/α,β-unsaturated/α-hetero) is 1. The number of carbonyl (C=O) groups excluding carboxylic acids is 2. The molecule has 2 rings (SSSR count). The van der Waals surface area contributed by atoms with Gasteiger partial charge in [-0.1, -0.05) is 18.2 Å². The van der Waals surface area contributed by atoms with E-state index in [1.165, 1.54) is 20.1 Å². The second-order valence-electron chi connectivity index (χ2n) is 5.97. The third-order valence-electron chi connectivity index (χ3n) is 3.84. The number of methoxy groups -OCH3 is 1. The van der Waals surface area contributed by atoms with Crippen molar-refractivity contribution in [3.8, 4) is 5.75 Å². The molecule has 0 spiro atoms. The zero-order valence-electron chi connectivity index (χ0n) is 15.4. The van der Waals surface area contributed by atoms with Crippen LogP contribution in [0.2, 0.25) is 0 Å². The first kappa shape index (κ1) is 20.4. The van der Waals surface area contributed by atoms with Gasteiger partial charge in [0.15, 0.2) is 5.78 Å². The third kappa shape index (κ3) is 5.82. The highest BCUT2D eigenvalue weighted by molar-refractivity contribution is 7.92. The number of anilines is 2. The number of rotatable bonds is 8. The van der Waals surface area contributed by atoms with E-state index in [0.29, 0.717) is 22.7 Å². The minimum atomic E-state index is -3.62. The molecule has 2 aromatic carbocycles. The second-order valence-corrected chi connectivity index (χ2v) is 7.88. The molecule has 0 saturated carbocycles. The molecule has 0 saturated heterocycles. The van der Waals surface area contributed by atoms with Crippen molar-refractivity contribution in [1.29, 1.82) is 0 Å². The maximum atomic E-state index is 12.2. The van der Waals surface area contributed by atoms with E-state index in [1.54, 1.807) is 42.5 Å². The number of amides is 1. The number of hydrogen-bond donors (Lipinski definition) is 1. The predicted octanol–water partition coefficient (Wildman–Crippen LogP) is 2.69. The Bertz CT molecular complexity index is 941. The molecule has 0 aliphatic rings. The highest BCUT2D eigenvalue weighted by Crippen LogP contribution is 2.21. The summed E-state index contributed by atoms with van der Waals surface area (Å²) in [4.78, 5) is 23.8. The van der Waals surface area contributed by atoms with Gasteiger partial charge in [0.2, 0.25) is 15.9 Å². The molecule has 7 nitrogen and oxygen atoms in total. The lowest BCUT2D eigenvalue weighted by atomic mass is 10.1. The molecule has 0 aromatic heterocycles. The summed E-state index contributed by atoms with van der Waals surface area (Å²) in [5, 5.41) is 2.71. The molecule has 0 fully saturated rings. The summed E-state index contributed by atoms with van der Waals surface area (Å²) < 4.78 is 30.5. The second kappa shape index (κ2) is 8.68. The topological polar surface area (TPSA) is 92.8 Å². The number of benzene rings is 2. The van der Waals surface area contributed by atoms with Crippen LogP contribution in [0.25, 0.3) is 0 Å². The summed E-state index contributed by atoms with van der Waals surface area (Å²) in [5.41, 5.74) is 1.31. The molecule has 8 heteroatoms. The van der Waals surface area contributed by atoms with Gasteiger partial charge in [-0.25, -0.2) is 8.42 Å². The quantitative estimate of drug-likeness (QED) is 0.700. The Balaban J connectivity index is 2.12. The number of ether oxygens (including phenoxy) is 1. The standard InChI is InChI=1S/C19H22N2O5S/c1-14(22)15-6-4-8-17(12-15)21(27(3,24)25)11-10-19(23)20-16-7-5-9-18(13-16)26-2/h4-9,12-13H,10-11H2,1-3H3,(H,20,23). The fourth-order valence-electron chi connectivity index (χ4n) is 2.49. The van der Waals surface area contributed by atoms with Crippen molar-refractivity contribution in [3.05, 3.63) is 54.1 Å². The van der Waals surface area contributed by atoms with Gasteiger partial charge < -0.3 is 10.1 Å². The van der Waals surface area contributed by atoms with Crippen LogP contribution in [-0.2, 0) is 14.8 Å². The lowest BCUT2D eigenvalue weighted by molar-refractivity contribution is -0.116. The Kier molecular flexibility index (Phi) is 6.57. The summed E-state index contributed by atoms with van der Waals surface area (Å²) in [6, 6.07) is 13.2. The molecule has 0 bridgehead atoms. The van der Waals surface area contributed by atoms with Crippen LogP contribution in [0.3, 0.4) is 0 Å². The fraction of sp³-hybridized carbons (Fsp3) is 0.263. The van der Waals surface area contributed by atoms with Gasteiger partial charge in [-0.3, -0.25) is 13.9 Å². The van der Waals surface area contributed by atoms with Crippen LogP contribution in [0.4, 0.5) is 11.4 Å². The Morgan fingerprint density at radius 3 is 2.44 bits per heavy atom. The largest absolute Gasteiger partial charge is 0.497 e. The molecule has 0 radical (unpaired) electrons. The van der Waals surface area contributed by atoms with Gasteiger partial charge in [0.25, 0.3) is 0 Å². The smallest absolute Gasteiger partial charge is 0.232 e. The molecule has 27 heavy (non-hydrogen) atoms. The van der Waals surface area contributed by atoms with E-state index in [4.69, 9.17) is 4.74 Å². The number of nitrogens with zero attached hydrogens (tertiary/aromatic N) is 1. The average Bonchev–Trinajstić information content (AvgIpc) is 2.61. The number of hydrogen-bond acceptors (Lipinski definition) is 5. The van der Waals surface area contributed by atoms with Gasteiger partial charge in [0.1, 0.15) is 5.75 Å². The first-order chi connectivity index (χ1) is 12.7. The zero-order valence-corrected chi connectivity index (χ0v) is 16.2. The van der Waals surface area contributed by atoms with Crippen molar-refractivity contribution < 1.29 is 22.7 Å². The molecule has 0 aliphatic heterocycles. The summed E-state index contributed by atoms with van der Waals surface area (Å²) >= 11 is 0. The van der Waals surface area contributed by atoms with Gasteiger partial charge in [-0.05, 0) is 31.2 Å². The highest BCUT2D eigenvalue weighted by Gasteiger charge is 2.19. The van der Waals surface area contributed by atoms with Gasteiger partial charge in [0, 0.05) is 30.3 Å². The molecule has 1 N–H and O–H groups in total. The van der Waals surface area contributed by atoms with Gasteiger partial charge >= 0.3 is 0 Å². The maximum absolute atomic E-state index is 12.2. The Labute approximate surface area is 159 Å². The Morgan fingerprint density at radius 2 is 1.81 bits per heavy atom. The van der Waals surface area contributed by atoms with Crippen LogP contribution in [0, 0.1) is 0 Å². The van der Waals surface area contributed by atoms with Gasteiger partial charge in [-0.15, -0.1) is 0 Å². The minimum absolute atomic E-state index is 0.0456. The van der Waals surface area contributed by atoms with Crippen LogP contribution in [-0.4, -0.2) is 40.0 Å². The molecule has 1 amide bonds. The molecule has 0 heterocycles. The van der Waals surface area contributed by atoms with Crippen LogP contribution < -0.4 is 14.4 Å². The van der Waals surface area contributed by atoms with Crippen molar-refractivity contribution in [2.75, 3.05) is 29.5 Å². The van der Waals surface area contributed by atoms with E-state index in [9.17, 15) is 18.0 Å². The summed E-state index contributed by atoms with van der Waals surface area (Å²) in [5.74, 6) is 0.104. The summed E-state index contributed by atoms with van der Waals surface area (Å²) in [6.07, 6.45) is 1.02. The fourth-order valence-corrected chi connectivity index (χ4v) is 3.41. The van der Waals surface area contributed by atoms with Crippen LogP contribution in [0.5, 0.6) is 5.75 Å². The summed E-state index contributed by atoms with van der Waals surface area (Å²) in [6.45, 7) is 1.36. The van der Waals surface area contributed by atoms with E-state index in [0.717, 1.165) is 10.6 Å². The molecule has 0 unspecified atom stereocenters. The Hall–Kier alpha value is -2.87. The van der Waals surface area contributed by atoms with Crippen molar-refractivity contribution in [3.63, 3.8) is 0 Å². The van der Waals surface area contributed by atoms with Crippen molar-refractivity contribution in [2.24, 2.45) is 0 Å². The number of ketones is 1. The number of carbonyl (C=O) groups is 2. The lowest BCUT2D eigenvalue weighted by Gasteiger charge is -2.22. The van der Waals surface area contributed by atoms with E-state index < -0.39 is 10.0 Å². The Morgan fingerprint density at radius 1 is 1.11 bits per heavy atom. The molecule has 0 atom stereocenters. The minimum Gasteiger partial charge on any atom is -0.497 e. The van der Waals surface area contributed by atoms with Gasteiger partial charge in [-0.2, -0.15) is 0 Å². The maximum Gasteiger partial charge on any atom is 0.232 e. The van der Waals surface area contributed by atoms with E-state index in [1.807, 2.05) is 0 Å². The molecule has 0 aliphatic carbocycles. The van der Waals surface area contributed by atoms with Gasteiger partial charge in [0.05, 0.1) is 19.1 Å². The van der Waals surface area contributed by atoms with Crippen LogP contribution in [0.1, 0.15) is 23.7 Å². The zero-order chi connectivity index (χ0) is 20.0. The lowest BCUT2D eigenvalue weighted by Crippen LogP contribution is -2.33. The van der Waals surface area contributed by atoms with E-state index in [-0.39, 0.29) is 24.7 Å². The number of sulfonamides is 1. The van der Waals surface area contributed by atoms with E-state index in [2.05, 4.69) is 5.32 Å². The first-order valence-electron chi connectivity index (χ1n) is 8.23.